The lowest BCUT2D eigenvalue weighted by Gasteiger charge is -2.35. The summed E-state index contributed by atoms with van der Waals surface area (Å²) >= 11 is 1.77. The van der Waals surface area contributed by atoms with Crippen molar-refractivity contribution in [1.82, 2.24) is 5.32 Å². The molecule has 1 aliphatic rings. The van der Waals surface area contributed by atoms with Crippen LogP contribution in [-0.4, -0.2) is 38.3 Å². The fourth-order valence-corrected chi connectivity index (χ4v) is 3.71. The second-order valence-corrected chi connectivity index (χ2v) is 7.76. The zero-order valence-corrected chi connectivity index (χ0v) is 14.3. The highest BCUT2D eigenvalue weighted by Crippen LogP contribution is 2.21. The minimum atomic E-state index is -0.353. The maximum atomic E-state index is 12.3. The topological polar surface area (TPSA) is 42.8 Å². The number of carbonyl (C=O) groups is 1. The maximum Gasteiger partial charge on any atom is 0.225 e. The molecule has 1 aromatic heterocycles. The molecule has 1 aliphatic heterocycles. The Kier molecular flexibility index (Phi) is 5.41. The van der Waals surface area contributed by atoms with Gasteiger partial charge in [0.2, 0.25) is 5.91 Å². The zero-order chi connectivity index (χ0) is 15.5. The molecule has 0 aromatic carbocycles. The number of hydrogen-bond acceptors (Lipinski definition) is 3. The quantitative estimate of drug-likeness (QED) is 0.879. The Morgan fingerprint density at radius 3 is 2.57 bits per heavy atom. The van der Waals surface area contributed by atoms with Gasteiger partial charge in [-0.3, -0.25) is 4.79 Å². The number of carbonyl (C=O) groups excluding carboxylic acids is 1. The monoisotopic (exact) mass is 311 g/mol. The fraction of sp³-hybridized carbons (Fsp3) is 0.688. The van der Waals surface area contributed by atoms with Crippen LogP contribution in [0.5, 0.6) is 0 Å². The molecule has 1 fully saturated rings. The van der Waals surface area contributed by atoms with Gasteiger partial charge in [-0.2, -0.15) is 0 Å². The van der Waals surface area contributed by atoms with Gasteiger partial charge in [-0.05, 0) is 18.4 Å². The predicted molar refractivity (Wildman–Crippen MR) is 85.6 cm³/mol. The van der Waals surface area contributed by atoms with Crippen molar-refractivity contribution in [2.45, 2.75) is 39.8 Å². The van der Waals surface area contributed by atoms with Gasteiger partial charge in [0.25, 0.3) is 0 Å². The van der Waals surface area contributed by atoms with Crippen molar-refractivity contribution in [2.24, 2.45) is 5.41 Å². The van der Waals surface area contributed by atoms with Crippen LogP contribution in [0.25, 0.3) is 0 Å². The van der Waals surface area contributed by atoms with Gasteiger partial charge in [0.05, 0.1) is 24.1 Å². The van der Waals surface area contributed by atoms with Crippen LogP contribution in [0.4, 0.5) is 0 Å². The Morgan fingerprint density at radius 2 is 2.05 bits per heavy atom. The molecular weight excluding hydrogens is 284 g/mol. The number of hydrogen-bond donors (Lipinski definition) is 2. The zero-order valence-electron chi connectivity index (χ0n) is 13.4. The summed E-state index contributed by atoms with van der Waals surface area (Å²) in [6.45, 7) is 11.6. The van der Waals surface area contributed by atoms with E-state index < -0.39 is 0 Å². The van der Waals surface area contributed by atoms with Crippen LogP contribution in [0.1, 0.15) is 38.6 Å². The number of thiophene rings is 1. The summed E-state index contributed by atoms with van der Waals surface area (Å²) < 4.78 is 5.48. The van der Waals surface area contributed by atoms with Crippen molar-refractivity contribution in [1.29, 1.82) is 0 Å². The Balaban J connectivity index is 2.13. The van der Waals surface area contributed by atoms with Gasteiger partial charge in [-0.25, -0.2) is 0 Å². The van der Waals surface area contributed by atoms with Gasteiger partial charge >= 0.3 is 0 Å². The molecule has 0 bridgehead atoms. The van der Waals surface area contributed by atoms with E-state index in [0.717, 1.165) is 26.3 Å². The summed E-state index contributed by atoms with van der Waals surface area (Å²) in [5, 5.41) is 5.32. The number of amides is 1. The molecule has 118 valence electrons. The first-order chi connectivity index (χ1) is 9.89. The maximum absolute atomic E-state index is 12.3. The van der Waals surface area contributed by atoms with E-state index in [1.165, 1.54) is 9.78 Å². The Morgan fingerprint density at radius 1 is 1.38 bits per heavy atom. The lowest BCUT2D eigenvalue weighted by atomic mass is 9.94. The summed E-state index contributed by atoms with van der Waals surface area (Å²) in [7, 11) is 0. The molecule has 0 saturated carbocycles. The molecule has 1 aromatic rings. The van der Waals surface area contributed by atoms with Crippen molar-refractivity contribution in [3.8, 4) is 0 Å². The van der Waals surface area contributed by atoms with Crippen LogP contribution >= 0.6 is 11.3 Å². The molecule has 2 rings (SSSR count). The number of nitrogens with one attached hydrogen (secondary N) is 2. The van der Waals surface area contributed by atoms with E-state index in [2.05, 4.69) is 29.8 Å². The molecular formula is C16H27N2O2S+. The van der Waals surface area contributed by atoms with Gasteiger partial charge in [-0.1, -0.05) is 26.8 Å². The van der Waals surface area contributed by atoms with E-state index in [0.29, 0.717) is 6.04 Å². The van der Waals surface area contributed by atoms with Crippen molar-refractivity contribution in [3.63, 3.8) is 0 Å². The summed E-state index contributed by atoms with van der Waals surface area (Å²) in [6.07, 6.45) is 0. The largest absolute Gasteiger partial charge is 0.370 e. The SMILES string of the molecule is C[C@H](NC(=O)C(C)(C)C)[C@@H](c1cccs1)[NH+]1CCOCC1. The Labute approximate surface area is 131 Å². The molecule has 1 amide bonds. The molecule has 2 atom stereocenters. The second-order valence-electron chi connectivity index (χ2n) is 6.78. The Hall–Kier alpha value is -0.910. The molecule has 4 nitrogen and oxygen atoms in total. The van der Waals surface area contributed by atoms with Crippen LogP contribution in [-0.2, 0) is 9.53 Å². The Bertz CT molecular complexity index is 447. The average Bonchev–Trinajstić information content (AvgIpc) is 2.93. The highest BCUT2D eigenvalue weighted by atomic mass is 32.1. The first-order valence-electron chi connectivity index (χ1n) is 7.66. The minimum Gasteiger partial charge on any atom is -0.370 e. The third-order valence-electron chi connectivity index (χ3n) is 3.96. The lowest BCUT2D eigenvalue weighted by Crippen LogP contribution is -3.15. The molecule has 0 unspecified atom stereocenters. The van der Waals surface area contributed by atoms with Gasteiger partial charge in [0.1, 0.15) is 19.1 Å². The molecule has 21 heavy (non-hydrogen) atoms. The van der Waals surface area contributed by atoms with Crippen molar-refractivity contribution < 1.29 is 14.4 Å². The van der Waals surface area contributed by atoms with Gasteiger partial charge < -0.3 is 15.0 Å². The second kappa shape index (κ2) is 6.90. The first-order valence-corrected chi connectivity index (χ1v) is 8.54. The van der Waals surface area contributed by atoms with Gasteiger partial charge in [0, 0.05) is 5.41 Å². The van der Waals surface area contributed by atoms with Crippen molar-refractivity contribution in [2.75, 3.05) is 26.3 Å². The van der Waals surface area contributed by atoms with Crippen LogP contribution in [0.2, 0.25) is 0 Å². The third-order valence-corrected chi connectivity index (χ3v) is 4.92. The van der Waals surface area contributed by atoms with Crippen LogP contribution in [0.3, 0.4) is 0 Å². The number of rotatable bonds is 4. The normalized spacial score (nSPS) is 20.0. The van der Waals surface area contributed by atoms with Crippen LogP contribution in [0.15, 0.2) is 17.5 Å². The van der Waals surface area contributed by atoms with E-state index >= 15 is 0 Å². The van der Waals surface area contributed by atoms with E-state index in [4.69, 9.17) is 4.74 Å². The molecule has 2 N–H and O–H groups in total. The van der Waals surface area contributed by atoms with E-state index in [1.807, 2.05) is 20.8 Å². The molecule has 1 saturated heterocycles. The van der Waals surface area contributed by atoms with E-state index in [9.17, 15) is 4.79 Å². The smallest absolute Gasteiger partial charge is 0.225 e. The molecule has 5 heteroatoms. The highest BCUT2D eigenvalue weighted by Gasteiger charge is 2.34. The van der Waals surface area contributed by atoms with Crippen molar-refractivity contribution in [3.05, 3.63) is 22.4 Å². The third kappa shape index (κ3) is 4.28. The average molecular weight is 311 g/mol. The van der Waals surface area contributed by atoms with Crippen LogP contribution in [0, 0.1) is 5.41 Å². The molecule has 2 heterocycles. The standard InChI is InChI=1S/C16H26N2O2S/c1-12(17-15(19)16(2,3)4)14(13-6-5-11-21-13)18-7-9-20-10-8-18/h5-6,11-12,14H,7-10H2,1-4H3,(H,17,19)/p+1/t12-,14-/m0/s1. The number of ether oxygens (including phenoxy) is 1. The molecule has 0 spiro atoms. The van der Waals surface area contributed by atoms with E-state index in [1.54, 1.807) is 11.3 Å². The van der Waals surface area contributed by atoms with Gasteiger partial charge in [-0.15, -0.1) is 11.3 Å². The lowest BCUT2D eigenvalue weighted by molar-refractivity contribution is -0.939. The van der Waals surface area contributed by atoms with Crippen LogP contribution < -0.4 is 10.2 Å². The minimum absolute atomic E-state index is 0.114. The fourth-order valence-electron chi connectivity index (χ4n) is 2.72. The van der Waals surface area contributed by atoms with Gasteiger partial charge in [0.15, 0.2) is 0 Å². The summed E-state index contributed by atoms with van der Waals surface area (Å²) in [4.78, 5) is 15.1. The summed E-state index contributed by atoms with van der Waals surface area (Å²) in [5.41, 5.74) is -0.353. The molecule has 0 radical (unpaired) electrons. The highest BCUT2D eigenvalue weighted by molar-refractivity contribution is 7.10. The number of morpholine rings is 1. The van der Waals surface area contributed by atoms with E-state index in [-0.39, 0.29) is 17.4 Å². The summed E-state index contributed by atoms with van der Waals surface area (Å²) in [5.74, 6) is 0.115. The summed E-state index contributed by atoms with van der Waals surface area (Å²) in [6, 6.07) is 4.69. The predicted octanol–water partition coefficient (Wildman–Crippen LogP) is 1.26. The number of quaternary nitrogens is 1. The molecule has 0 aliphatic carbocycles. The first kappa shape index (κ1) is 16.5. The van der Waals surface area contributed by atoms with Crippen molar-refractivity contribution >= 4 is 17.2 Å².